The van der Waals surface area contributed by atoms with Crippen molar-refractivity contribution in [3.05, 3.63) is 59.4 Å². The van der Waals surface area contributed by atoms with E-state index in [1.54, 1.807) is 0 Å². The zero-order chi connectivity index (χ0) is 14.8. The Labute approximate surface area is 112 Å². The van der Waals surface area contributed by atoms with Crippen LogP contribution in [0.25, 0.3) is 0 Å². The maximum atomic E-state index is 12.7. The summed E-state index contributed by atoms with van der Waals surface area (Å²) >= 11 is 0. The second-order valence-electron chi connectivity index (χ2n) is 4.16. The first kappa shape index (κ1) is 14.2. The van der Waals surface area contributed by atoms with Gasteiger partial charge in [-0.05, 0) is 42.0 Å². The van der Waals surface area contributed by atoms with Crippen LogP contribution in [-0.4, -0.2) is 0 Å². The normalized spacial score (nSPS) is 11.4. The maximum absolute atomic E-state index is 12.7. The molecule has 0 bridgehead atoms. The first-order valence-electron chi connectivity index (χ1n) is 5.70. The summed E-state index contributed by atoms with van der Waals surface area (Å²) in [7, 11) is 0. The molecule has 2 nitrogen and oxygen atoms in total. The molecule has 0 atom stereocenters. The van der Waals surface area contributed by atoms with Crippen molar-refractivity contribution in [2.24, 2.45) is 0 Å². The Hall–Kier alpha value is -2.24. The van der Waals surface area contributed by atoms with E-state index >= 15 is 0 Å². The van der Waals surface area contributed by atoms with Crippen molar-refractivity contribution in [2.45, 2.75) is 12.8 Å². The van der Waals surface area contributed by atoms with Crippen LogP contribution in [0, 0.1) is 5.82 Å². The lowest BCUT2D eigenvalue weighted by atomic mass is 10.1. The van der Waals surface area contributed by atoms with Crippen molar-refractivity contribution in [1.82, 2.24) is 0 Å². The molecule has 20 heavy (non-hydrogen) atoms. The lowest BCUT2D eigenvalue weighted by Crippen LogP contribution is -2.09. The highest BCUT2D eigenvalue weighted by atomic mass is 19.4. The van der Waals surface area contributed by atoms with E-state index in [2.05, 4.69) is 0 Å². The van der Waals surface area contributed by atoms with Crippen molar-refractivity contribution < 1.29 is 22.3 Å². The fraction of sp³-hybridized carbons (Fsp3) is 0.143. The molecule has 0 amide bonds. The summed E-state index contributed by atoms with van der Waals surface area (Å²) in [6, 6.07) is 8.76. The zero-order valence-corrected chi connectivity index (χ0v) is 10.2. The van der Waals surface area contributed by atoms with Crippen LogP contribution in [0.1, 0.15) is 11.1 Å². The van der Waals surface area contributed by atoms with Crippen LogP contribution in [0.2, 0.25) is 0 Å². The van der Waals surface area contributed by atoms with Crippen molar-refractivity contribution in [1.29, 1.82) is 0 Å². The number of hydrogen-bond acceptors (Lipinski definition) is 2. The molecule has 0 unspecified atom stereocenters. The largest absolute Gasteiger partial charge is 0.489 e. The number of nitrogen functional groups attached to an aromatic ring is 1. The molecule has 0 aliphatic rings. The van der Waals surface area contributed by atoms with E-state index in [-0.39, 0.29) is 12.3 Å². The molecule has 0 aromatic heterocycles. The fourth-order valence-electron chi connectivity index (χ4n) is 1.66. The Morgan fingerprint density at radius 3 is 2.20 bits per heavy atom. The van der Waals surface area contributed by atoms with E-state index < -0.39 is 17.6 Å². The minimum absolute atomic E-state index is 0.0496. The average molecular weight is 285 g/mol. The van der Waals surface area contributed by atoms with Gasteiger partial charge in [-0.15, -0.1) is 0 Å². The number of benzene rings is 2. The predicted molar refractivity (Wildman–Crippen MR) is 66.6 cm³/mol. The van der Waals surface area contributed by atoms with E-state index in [4.69, 9.17) is 10.5 Å². The third kappa shape index (κ3) is 3.40. The highest BCUT2D eigenvalue weighted by Crippen LogP contribution is 2.33. The van der Waals surface area contributed by atoms with Gasteiger partial charge in [0.2, 0.25) is 0 Å². The molecule has 0 fully saturated rings. The molecule has 0 saturated carbocycles. The molecule has 106 valence electrons. The lowest BCUT2D eigenvalue weighted by molar-refractivity contribution is -0.136. The van der Waals surface area contributed by atoms with Crippen molar-refractivity contribution in [3.8, 4) is 5.75 Å². The number of anilines is 1. The van der Waals surface area contributed by atoms with Gasteiger partial charge in [-0.25, -0.2) is 4.39 Å². The highest BCUT2D eigenvalue weighted by molar-refractivity contribution is 5.50. The summed E-state index contributed by atoms with van der Waals surface area (Å²) in [5.74, 6) is 0.0287. The minimum atomic E-state index is -4.47. The quantitative estimate of drug-likeness (QED) is 0.683. The number of nitrogens with two attached hydrogens (primary N) is 1. The fourth-order valence-corrected chi connectivity index (χ4v) is 1.66. The molecule has 2 N–H and O–H groups in total. The van der Waals surface area contributed by atoms with Gasteiger partial charge in [0, 0.05) is 5.69 Å². The lowest BCUT2D eigenvalue weighted by Gasteiger charge is -2.12. The Morgan fingerprint density at radius 2 is 1.65 bits per heavy atom. The minimum Gasteiger partial charge on any atom is -0.489 e. The molecule has 2 rings (SSSR count). The van der Waals surface area contributed by atoms with Gasteiger partial charge >= 0.3 is 6.18 Å². The van der Waals surface area contributed by atoms with Crippen LogP contribution in [0.3, 0.4) is 0 Å². The van der Waals surface area contributed by atoms with Gasteiger partial charge in [-0.3, -0.25) is 0 Å². The first-order chi connectivity index (χ1) is 9.36. The third-order valence-electron chi connectivity index (χ3n) is 2.64. The van der Waals surface area contributed by atoms with Crippen molar-refractivity contribution >= 4 is 5.69 Å². The van der Waals surface area contributed by atoms with Crippen LogP contribution in [0.5, 0.6) is 5.75 Å². The van der Waals surface area contributed by atoms with E-state index in [1.807, 2.05) is 0 Å². The number of alkyl halides is 3. The number of halogens is 4. The Kier molecular flexibility index (Phi) is 3.83. The SMILES string of the molecule is Nc1cc(COc2ccc(F)cc2)ccc1C(F)(F)F. The van der Waals surface area contributed by atoms with Crippen LogP contribution < -0.4 is 10.5 Å². The van der Waals surface area contributed by atoms with Crippen molar-refractivity contribution in [2.75, 3.05) is 5.73 Å². The molecule has 2 aromatic rings. The van der Waals surface area contributed by atoms with E-state index in [9.17, 15) is 17.6 Å². The van der Waals surface area contributed by atoms with Gasteiger partial charge in [0.25, 0.3) is 0 Å². The molecule has 0 saturated heterocycles. The molecule has 0 heterocycles. The van der Waals surface area contributed by atoms with E-state index in [0.29, 0.717) is 11.3 Å². The highest BCUT2D eigenvalue weighted by Gasteiger charge is 2.32. The summed E-state index contributed by atoms with van der Waals surface area (Å²) in [4.78, 5) is 0. The summed E-state index contributed by atoms with van der Waals surface area (Å²) in [5.41, 5.74) is 4.65. The first-order valence-corrected chi connectivity index (χ1v) is 5.70. The molecule has 0 aliphatic carbocycles. The van der Waals surface area contributed by atoms with Gasteiger partial charge in [0.15, 0.2) is 0 Å². The third-order valence-corrected chi connectivity index (χ3v) is 2.64. The Bertz CT molecular complexity index is 593. The summed E-state index contributed by atoms with van der Waals surface area (Å²) < 4.78 is 55.6. The zero-order valence-electron chi connectivity index (χ0n) is 10.2. The van der Waals surface area contributed by atoms with Gasteiger partial charge < -0.3 is 10.5 Å². The predicted octanol–water partition coefficient (Wildman–Crippen LogP) is 4.01. The average Bonchev–Trinajstić information content (AvgIpc) is 2.36. The Morgan fingerprint density at radius 1 is 1.00 bits per heavy atom. The number of hydrogen-bond donors (Lipinski definition) is 1. The molecule has 6 heteroatoms. The second kappa shape index (κ2) is 5.40. The summed E-state index contributed by atoms with van der Waals surface area (Å²) in [6.45, 7) is 0.0496. The molecule has 0 radical (unpaired) electrons. The molecular formula is C14H11F4NO. The standard InChI is InChI=1S/C14H11F4NO/c15-10-2-4-11(5-3-10)20-8-9-1-6-12(13(19)7-9)14(16,17)18/h1-7H,8,19H2. The molecule has 0 aliphatic heterocycles. The van der Waals surface area contributed by atoms with Gasteiger partial charge in [0.1, 0.15) is 18.2 Å². The van der Waals surface area contributed by atoms with Gasteiger partial charge in [-0.2, -0.15) is 13.2 Å². The van der Waals surface area contributed by atoms with Crippen LogP contribution in [-0.2, 0) is 12.8 Å². The molecule has 0 spiro atoms. The van der Waals surface area contributed by atoms with Crippen LogP contribution >= 0.6 is 0 Å². The number of rotatable bonds is 3. The van der Waals surface area contributed by atoms with Gasteiger partial charge in [-0.1, -0.05) is 6.07 Å². The smallest absolute Gasteiger partial charge is 0.418 e. The topological polar surface area (TPSA) is 35.2 Å². The summed E-state index contributed by atoms with van der Waals surface area (Å²) in [5, 5.41) is 0. The van der Waals surface area contributed by atoms with Crippen molar-refractivity contribution in [3.63, 3.8) is 0 Å². The van der Waals surface area contributed by atoms with Gasteiger partial charge in [0.05, 0.1) is 5.56 Å². The second-order valence-corrected chi connectivity index (χ2v) is 4.16. The monoisotopic (exact) mass is 285 g/mol. The van der Waals surface area contributed by atoms with Crippen LogP contribution in [0.15, 0.2) is 42.5 Å². The van der Waals surface area contributed by atoms with E-state index in [0.717, 1.165) is 6.07 Å². The maximum Gasteiger partial charge on any atom is 0.418 e. The molecular weight excluding hydrogens is 274 g/mol. The molecule has 2 aromatic carbocycles. The van der Waals surface area contributed by atoms with Crippen LogP contribution in [0.4, 0.5) is 23.2 Å². The summed E-state index contributed by atoms with van der Waals surface area (Å²) in [6.07, 6.45) is -4.47. The Balaban J connectivity index is 2.07. The van der Waals surface area contributed by atoms with E-state index in [1.165, 1.54) is 36.4 Å². The number of ether oxygens (including phenoxy) is 1.